The Labute approximate surface area is 182 Å². The number of nitrogens with zero attached hydrogens (tertiary/aromatic N) is 2. The molecule has 1 N–H and O–H groups in total. The zero-order chi connectivity index (χ0) is 21.9. The van der Waals surface area contributed by atoms with Crippen LogP contribution in [0.2, 0.25) is 0 Å². The number of amides is 1. The first-order valence-electron chi connectivity index (χ1n) is 11.1. The van der Waals surface area contributed by atoms with Crippen molar-refractivity contribution >= 4 is 17.3 Å². The molecule has 4 heteroatoms. The van der Waals surface area contributed by atoms with Gasteiger partial charge in [-0.05, 0) is 61.6 Å². The van der Waals surface area contributed by atoms with E-state index in [9.17, 15) is 4.79 Å². The molecular weight excluding hydrogens is 370 g/mol. The van der Waals surface area contributed by atoms with E-state index < -0.39 is 0 Å². The van der Waals surface area contributed by atoms with E-state index in [4.69, 9.17) is 0 Å². The van der Waals surface area contributed by atoms with Crippen LogP contribution in [-0.4, -0.2) is 37.5 Å². The molecule has 0 aromatic heterocycles. The second kappa shape index (κ2) is 9.22. The van der Waals surface area contributed by atoms with Crippen molar-refractivity contribution in [2.45, 2.75) is 53.5 Å². The lowest BCUT2D eigenvalue weighted by Gasteiger charge is -2.25. The molecule has 1 atom stereocenters. The first kappa shape index (κ1) is 22.4. The van der Waals surface area contributed by atoms with Crippen LogP contribution in [0.5, 0.6) is 0 Å². The first-order valence-corrected chi connectivity index (χ1v) is 11.1. The lowest BCUT2D eigenvalue weighted by atomic mass is 9.92. The number of rotatable bonds is 4. The monoisotopic (exact) mass is 407 g/mol. The van der Waals surface area contributed by atoms with Gasteiger partial charge in [0.25, 0.3) is 0 Å². The van der Waals surface area contributed by atoms with Crippen molar-refractivity contribution < 1.29 is 4.79 Å². The summed E-state index contributed by atoms with van der Waals surface area (Å²) >= 11 is 0. The van der Waals surface area contributed by atoms with E-state index in [1.54, 1.807) is 0 Å². The van der Waals surface area contributed by atoms with E-state index in [2.05, 4.69) is 99.2 Å². The maximum atomic E-state index is 12.4. The standard InChI is InChI=1S/C26H37N3O/c1-19-16-22(17-20(2)25(19)27-24(30)18-26(3,4)5)29-13-12-23(28(6)14-15-29)21-10-8-7-9-11-21/h7-11,16-17,23H,12-15,18H2,1-6H3,(H,27,30)/t23-/m1/s1. The van der Waals surface area contributed by atoms with Gasteiger partial charge < -0.3 is 10.2 Å². The number of hydrogen-bond acceptors (Lipinski definition) is 3. The highest BCUT2D eigenvalue weighted by Crippen LogP contribution is 2.31. The summed E-state index contributed by atoms with van der Waals surface area (Å²) in [6, 6.07) is 15.7. The summed E-state index contributed by atoms with van der Waals surface area (Å²) in [6.07, 6.45) is 1.62. The van der Waals surface area contributed by atoms with Crippen molar-refractivity contribution in [1.29, 1.82) is 0 Å². The molecular formula is C26H37N3O. The van der Waals surface area contributed by atoms with E-state index >= 15 is 0 Å². The van der Waals surface area contributed by atoms with E-state index in [1.807, 2.05) is 0 Å². The number of nitrogens with one attached hydrogen (secondary N) is 1. The molecule has 1 fully saturated rings. The number of hydrogen-bond donors (Lipinski definition) is 1. The Morgan fingerprint density at radius 2 is 1.67 bits per heavy atom. The number of benzene rings is 2. The summed E-state index contributed by atoms with van der Waals surface area (Å²) in [5, 5.41) is 3.15. The molecule has 3 rings (SSSR count). The first-order chi connectivity index (χ1) is 14.1. The molecule has 4 nitrogen and oxygen atoms in total. The molecule has 30 heavy (non-hydrogen) atoms. The predicted molar refractivity (Wildman–Crippen MR) is 127 cm³/mol. The average Bonchev–Trinajstić information content (AvgIpc) is 2.85. The highest BCUT2D eigenvalue weighted by atomic mass is 16.1. The van der Waals surface area contributed by atoms with Gasteiger partial charge in [0.1, 0.15) is 0 Å². The second-order valence-corrected chi connectivity index (χ2v) is 9.92. The summed E-state index contributed by atoms with van der Waals surface area (Å²) in [5.41, 5.74) is 5.85. The molecule has 2 aromatic rings. The normalized spacial score (nSPS) is 18.2. The summed E-state index contributed by atoms with van der Waals surface area (Å²) in [6.45, 7) is 13.5. The number of carbonyl (C=O) groups is 1. The molecule has 1 heterocycles. The number of anilines is 2. The number of carbonyl (C=O) groups excluding carboxylic acids is 1. The zero-order valence-corrected chi connectivity index (χ0v) is 19.5. The fourth-order valence-electron chi connectivity index (χ4n) is 4.38. The van der Waals surface area contributed by atoms with Crippen LogP contribution >= 0.6 is 0 Å². The van der Waals surface area contributed by atoms with Crippen LogP contribution in [0, 0.1) is 19.3 Å². The second-order valence-electron chi connectivity index (χ2n) is 9.92. The molecule has 0 unspecified atom stereocenters. The van der Waals surface area contributed by atoms with Crippen LogP contribution in [-0.2, 0) is 4.79 Å². The van der Waals surface area contributed by atoms with Gasteiger partial charge in [0.2, 0.25) is 5.91 Å². The zero-order valence-electron chi connectivity index (χ0n) is 19.5. The van der Waals surface area contributed by atoms with Crippen LogP contribution in [0.15, 0.2) is 42.5 Å². The third-order valence-electron chi connectivity index (χ3n) is 5.95. The summed E-state index contributed by atoms with van der Waals surface area (Å²) < 4.78 is 0. The number of likely N-dealkylation sites (N-methyl/N-ethyl adjacent to an activating group) is 1. The fourth-order valence-corrected chi connectivity index (χ4v) is 4.38. The van der Waals surface area contributed by atoms with Gasteiger partial charge in [0.05, 0.1) is 0 Å². The van der Waals surface area contributed by atoms with Gasteiger partial charge in [0.15, 0.2) is 0 Å². The van der Waals surface area contributed by atoms with Crippen molar-refractivity contribution in [3.05, 3.63) is 59.2 Å². The Morgan fingerprint density at radius 1 is 1.03 bits per heavy atom. The Hall–Kier alpha value is -2.33. The minimum absolute atomic E-state index is 0.0147. The van der Waals surface area contributed by atoms with Crippen LogP contribution in [0.4, 0.5) is 11.4 Å². The minimum atomic E-state index is -0.0147. The van der Waals surface area contributed by atoms with Gasteiger partial charge >= 0.3 is 0 Å². The van der Waals surface area contributed by atoms with Gasteiger partial charge in [-0.3, -0.25) is 9.69 Å². The van der Waals surface area contributed by atoms with Crippen LogP contribution in [0.1, 0.15) is 56.3 Å². The van der Waals surface area contributed by atoms with Crippen LogP contribution < -0.4 is 10.2 Å². The van der Waals surface area contributed by atoms with Crippen LogP contribution in [0.3, 0.4) is 0 Å². The largest absolute Gasteiger partial charge is 0.370 e. The van der Waals surface area contributed by atoms with Crippen molar-refractivity contribution in [2.24, 2.45) is 5.41 Å². The van der Waals surface area contributed by atoms with Gasteiger partial charge in [-0.2, -0.15) is 0 Å². The van der Waals surface area contributed by atoms with E-state index in [0.717, 1.165) is 42.9 Å². The molecule has 162 valence electrons. The van der Waals surface area contributed by atoms with Crippen molar-refractivity contribution in [1.82, 2.24) is 4.90 Å². The SMILES string of the molecule is Cc1cc(N2CC[C@H](c3ccccc3)N(C)CC2)cc(C)c1NC(=O)CC(C)(C)C. The third-order valence-corrected chi connectivity index (χ3v) is 5.95. The van der Waals surface area contributed by atoms with Crippen LogP contribution in [0.25, 0.3) is 0 Å². The number of aryl methyl sites for hydroxylation is 2. The lowest BCUT2D eigenvalue weighted by molar-refractivity contribution is -0.117. The van der Waals surface area contributed by atoms with Crippen molar-refractivity contribution in [2.75, 3.05) is 36.9 Å². The molecule has 1 amide bonds. The maximum Gasteiger partial charge on any atom is 0.224 e. The third kappa shape index (κ3) is 5.63. The molecule has 0 saturated carbocycles. The summed E-state index contributed by atoms with van der Waals surface area (Å²) in [5.74, 6) is 0.0866. The van der Waals surface area contributed by atoms with E-state index in [1.165, 1.54) is 11.3 Å². The summed E-state index contributed by atoms with van der Waals surface area (Å²) in [4.78, 5) is 17.4. The summed E-state index contributed by atoms with van der Waals surface area (Å²) in [7, 11) is 2.23. The Balaban J connectivity index is 1.74. The lowest BCUT2D eigenvalue weighted by Crippen LogP contribution is -2.29. The molecule has 1 aliphatic rings. The van der Waals surface area contributed by atoms with Gasteiger partial charge in [-0.1, -0.05) is 51.1 Å². The average molecular weight is 408 g/mol. The van der Waals surface area contributed by atoms with Crippen molar-refractivity contribution in [3.8, 4) is 0 Å². The maximum absolute atomic E-state index is 12.4. The van der Waals surface area contributed by atoms with Gasteiger partial charge in [-0.15, -0.1) is 0 Å². The smallest absolute Gasteiger partial charge is 0.224 e. The molecule has 0 bridgehead atoms. The Kier molecular flexibility index (Phi) is 6.87. The Bertz CT molecular complexity index is 847. The van der Waals surface area contributed by atoms with Gasteiger partial charge in [0, 0.05) is 43.5 Å². The van der Waals surface area contributed by atoms with Gasteiger partial charge in [-0.25, -0.2) is 0 Å². The molecule has 0 radical (unpaired) electrons. The minimum Gasteiger partial charge on any atom is -0.370 e. The van der Waals surface area contributed by atoms with Crippen molar-refractivity contribution in [3.63, 3.8) is 0 Å². The predicted octanol–water partition coefficient (Wildman–Crippen LogP) is 5.56. The van der Waals surface area contributed by atoms with E-state index in [-0.39, 0.29) is 11.3 Å². The molecule has 1 saturated heterocycles. The Morgan fingerprint density at radius 3 is 2.27 bits per heavy atom. The quantitative estimate of drug-likeness (QED) is 0.720. The highest BCUT2D eigenvalue weighted by molar-refractivity contribution is 5.93. The molecule has 0 aliphatic carbocycles. The highest BCUT2D eigenvalue weighted by Gasteiger charge is 2.24. The molecule has 1 aliphatic heterocycles. The van der Waals surface area contributed by atoms with E-state index in [0.29, 0.717) is 12.5 Å². The molecule has 0 spiro atoms. The fraction of sp³-hybridized carbons (Fsp3) is 0.500. The molecule has 2 aromatic carbocycles. The topological polar surface area (TPSA) is 35.6 Å².